The average Bonchev–Trinajstić information content (AvgIpc) is 1.97. The maximum Gasteiger partial charge on any atom is 0.128 e. The fraction of sp³-hybridized carbons (Fsp3) is 0.500. The molecule has 64 valence electrons. The Hall–Kier alpha value is -0.640. The Kier molecular flexibility index (Phi) is 5.74. The molecular weight excluding hydrogens is 140 g/mol. The molecular formula is C8H16N2O. The van der Waals surface area contributed by atoms with E-state index < -0.39 is 6.23 Å². The molecule has 1 unspecified atom stereocenters. The summed E-state index contributed by atoms with van der Waals surface area (Å²) in [5.74, 6) is 0. The largest absolute Gasteiger partial charge is 0.375 e. The summed E-state index contributed by atoms with van der Waals surface area (Å²) in [6, 6.07) is 0. The SMILES string of the molecule is C/C=C\C(=C/CCN)C(N)O. The summed E-state index contributed by atoms with van der Waals surface area (Å²) in [6.07, 6.45) is 5.30. The number of hydrogen-bond acceptors (Lipinski definition) is 3. The molecule has 0 saturated heterocycles. The van der Waals surface area contributed by atoms with Crippen molar-refractivity contribution in [3.8, 4) is 0 Å². The van der Waals surface area contributed by atoms with Gasteiger partial charge in [-0.05, 0) is 25.5 Å². The standard InChI is InChI=1S/C8H16N2O/c1-2-4-7(8(10)11)5-3-6-9/h2,4-5,8,11H,3,6,9-10H2,1H3/b4-2-,7-5+. The lowest BCUT2D eigenvalue weighted by molar-refractivity contribution is 0.222. The van der Waals surface area contributed by atoms with E-state index in [9.17, 15) is 0 Å². The van der Waals surface area contributed by atoms with Crippen molar-refractivity contribution in [3.05, 3.63) is 23.8 Å². The molecule has 1 atom stereocenters. The van der Waals surface area contributed by atoms with Crippen LogP contribution in [0.15, 0.2) is 23.8 Å². The second-order valence-electron chi connectivity index (χ2n) is 2.23. The van der Waals surface area contributed by atoms with Crippen molar-refractivity contribution in [2.24, 2.45) is 11.5 Å². The predicted octanol–water partition coefficient (Wildman–Crippen LogP) is 0.115. The smallest absolute Gasteiger partial charge is 0.128 e. The van der Waals surface area contributed by atoms with E-state index >= 15 is 0 Å². The van der Waals surface area contributed by atoms with Crippen LogP contribution in [0, 0.1) is 0 Å². The summed E-state index contributed by atoms with van der Waals surface area (Å²) in [5.41, 5.74) is 11.3. The van der Waals surface area contributed by atoms with Gasteiger partial charge in [-0.3, -0.25) is 0 Å². The van der Waals surface area contributed by atoms with Crippen molar-refractivity contribution < 1.29 is 5.11 Å². The molecule has 0 spiro atoms. The predicted molar refractivity (Wildman–Crippen MR) is 46.8 cm³/mol. The van der Waals surface area contributed by atoms with Crippen molar-refractivity contribution >= 4 is 0 Å². The highest BCUT2D eigenvalue weighted by Gasteiger charge is 1.98. The van der Waals surface area contributed by atoms with Crippen LogP contribution >= 0.6 is 0 Å². The molecule has 0 aliphatic heterocycles. The third kappa shape index (κ3) is 4.72. The highest BCUT2D eigenvalue weighted by Crippen LogP contribution is 2.00. The minimum Gasteiger partial charge on any atom is -0.375 e. The van der Waals surface area contributed by atoms with Gasteiger partial charge in [-0.25, -0.2) is 0 Å². The Bertz CT molecular complexity index is 150. The summed E-state index contributed by atoms with van der Waals surface area (Å²) < 4.78 is 0. The van der Waals surface area contributed by atoms with E-state index in [0.29, 0.717) is 6.54 Å². The fourth-order valence-corrected chi connectivity index (χ4v) is 0.730. The molecule has 3 nitrogen and oxygen atoms in total. The molecule has 0 aliphatic carbocycles. The van der Waals surface area contributed by atoms with E-state index in [2.05, 4.69) is 0 Å². The van der Waals surface area contributed by atoms with Gasteiger partial charge in [0.1, 0.15) is 6.23 Å². The van der Waals surface area contributed by atoms with Crippen molar-refractivity contribution in [1.82, 2.24) is 0 Å². The van der Waals surface area contributed by atoms with Gasteiger partial charge in [0.05, 0.1) is 0 Å². The zero-order chi connectivity index (χ0) is 8.69. The van der Waals surface area contributed by atoms with Gasteiger partial charge in [0.2, 0.25) is 0 Å². The lowest BCUT2D eigenvalue weighted by Crippen LogP contribution is -2.20. The molecule has 0 amide bonds. The Morgan fingerprint density at radius 3 is 2.64 bits per heavy atom. The zero-order valence-electron chi connectivity index (χ0n) is 6.83. The van der Waals surface area contributed by atoms with E-state index in [-0.39, 0.29) is 0 Å². The molecule has 0 saturated carbocycles. The minimum atomic E-state index is -0.891. The van der Waals surface area contributed by atoms with Gasteiger partial charge in [-0.1, -0.05) is 18.2 Å². The van der Waals surface area contributed by atoms with Crippen LogP contribution in [0.25, 0.3) is 0 Å². The monoisotopic (exact) mass is 156 g/mol. The second-order valence-corrected chi connectivity index (χ2v) is 2.23. The first-order chi connectivity index (χ1) is 5.22. The molecule has 0 fully saturated rings. The maximum atomic E-state index is 8.99. The lowest BCUT2D eigenvalue weighted by Gasteiger charge is -2.04. The van der Waals surface area contributed by atoms with Crippen LogP contribution in [0.1, 0.15) is 13.3 Å². The van der Waals surface area contributed by atoms with Crippen molar-refractivity contribution in [1.29, 1.82) is 0 Å². The van der Waals surface area contributed by atoms with Crippen LogP contribution in [0.4, 0.5) is 0 Å². The van der Waals surface area contributed by atoms with Gasteiger partial charge in [0, 0.05) is 0 Å². The number of nitrogens with two attached hydrogens (primary N) is 2. The molecule has 11 heavy (non-hydrogen) atoms. The third-order valence-corrected chi connectivity index (χ3v) is 1.25. The van der Waals surface area contributed by atoms with Gasteiger partial charge >= 0.3 is 0 Å². The van der Waals surface area contributed by atoms with E-state index in [1.54, 1.807) is 6.08 Å². The summed E-state index contributed by atoms with van der Waals surface area (Å²) in [6.45, 7) is 2.45. The van der Waals surface area contributed by atoms with Crippen molar-refractivity contribution in [3.63, 3.8) is 0 Å². The zero-order valence-corrected chi connectivity index (χ0v) is 6.83. The highest BCUT2D eigenvalue weighted by molar-refractivity contribution is 5.21. The summed E-state index contributed by atoms with van der Waals surface area (Å²) in [7, 11) is 0. The number of rotatable bonds is 4. The fourth-order valence-electron chi connectivity index (χ4n) is 0.730. The first kappa shape index (κ1) is 10.4. The number of aliphatic hydroxyl groups is 1. The van der Waals surface area contributed by atoms with Gasteiger partial charge in [-0.2, -0.15) is 0 Å². The third-order valence-electron chi connectivity index (χ3n) is 1.25. The Labute approximate surface area is 67.4 Å². The van der Waals surface area contributed by atoms with Crippen molar-refractivity contribution in [2.75, 3.05) is 6.54 Å². The van der Waals surface area contributed by atoms with Crippen LogP contribution in [-0.2, 0) is 0 Å². The first-order valence-corrected chi connectivity index (χ1v) is 3.68. The van der Waals surface area contributed by atoms with E-state index in [4.69, 9.17) is 16.6 Å². The summed E-state index contributed by atoms with van der Waals surface area (Å²) >= 11 is 0. The van der Waals surface area contributed by atoms with Crippen LogP contribution in [0.5, 0.6) is 0 Å². The minimum absolute atomic E-state index is 0.577. The van der Waals surface area contributed by atoms with Gasteiger partial charge in [0.25, 0.3) is 0 Å². The van der Waals surface area contributed by atoms with E-state index in [1.807, 2.05) is 19.1 Å². The Morgan fingerprint density at radius 2 is 2.27 bits per heavy atom. The molecule has 0 heterocycles. The molecule has 3 heteroatoms. The Balaban J connectivity index is 4.08. The summed E-state index contributed by atoms with van der Waals surface area (Å²) in [4.78, 5) is 0. The molecule has 0 aromatic heterocycles. The highest BCUT2D eigenvalue weighted by atomic mass is 16.3. The van der Waals surface area contributed by atoms with Crippen molar-refractivity contribution in [2.45, 2.75) is 19.6 Å². The molecule has 0 aromatic rings. The normalized spacial score (nSPS) is 15.8. The molecule has 0 aromatic carbocycles. The average molecular weight is 156 g/mol. The van der Waals surface area contributed by atoms with Crippen LogP contribution in [0.2, 0.25) is 0 Å². The number of allylic oxidation sites excluding steroid dienone is 1. The van der Waals surface area contributed by atoms with Gasteiger partial charge < -0.3 is 16.6 Å². The van der Waals surface area contributed by atoms with E-state index in [0.717, 1.165) is 12.0 Å². The molecule has 0 rings (SSSR count). The summed E-state index contributed by atoms with van der Waals surface area (Å²) in [5, 5.41) is 8.99. The molecule has 0 aliphatic rings. The van der Waals surface area contributed by atoms with Crippen LogP contribution < -0.4 is 11.5 Å². The number of hydrogen-bond donors (Lipinski definition) is 3. The molecule has 0 radical (unpaired) electrons. The maximum absolute atomic E-state index is 8.99. The van der Waals surface area contributed by atoms with Crippen LogP contribution in [0.3, 0.4) is 0 Å². The first-order valence-electron chi connectivity index (χ1n) is 3.68. The topological polar surface area (TPSA) is 72.3 Å². The van der Waals surface area contributed by atoms with Gasteiger partial charge in [0.15, 0.2) is 0 Å². The van der Waals surface area contributed by atoms with Gasteiger partial charge in [-0.15, -0.1) is 0 Å². The Morgan fingerprint density at radius 1 is 1.64 bits per heavy atom. The number of aliphatic hydroxyl groups excluding tert-OH is 1. The molecule has 5 N–H and O–H groups in total. The van der Waals surface area contributed by atoms with E-state index in [1.165, 1.54) is 0 Å². The quantitative estimate of drug-likeness (QED) is 0.400. The second kappa shape index (κ2) is 6.09. The molecule has 0 bridgehead atoms. The lowest BCUT2D eigenvalue weighted by atomic mass is 10.2. The van der Waals surface area contributed by atoms with Crippen LogP contribution in [-0.4, -0.2) is 17.9 Å².